The van der Waals surface area contributed by atoms with Crippen molar-refractivity contribution in [3.63, 3.8) is 0 Å². The molecule has 1 N–H and O–H groups in total. The predicted octanol–water partition coefficient (Wildman–Crippen LogP) is 3.09. The summed E-state index contributed by atoms with van der Waals surface area (Å²) in [7, 11) is 5.02. The van der Waals surface area contributed by atoms with Gasteiger partial charge in [-0.1, -0.05) is 36.4 Å². The molecule has 2 amide bonds. The van der Waals surface area contributed by atoms with E-state index >= 15 is 0 Å². The lowest BCUT2D eigenvalue weighted by molar-refractivity contribution is 0.209. The van der Waals surface area contributed by atoms with Crippen LogP contribution in [0.5, 0.6) is 11.5 Å². The minimum atomic E-state index is -0.0840. The van der Waals surface area contributed by atoms with E-state index in [1.807, 2.05) is 48.5 Å². The Bertz CT molecular complexity index is 659. The molecule has 0 unspecified atom stereocenters. The largest absolute Gasteiger partial charge is 0.493 e. The van der Waals surface area contributed by atoms with Crippen LogP contribution in [0.4, 0.5) is 4.79 Å². The first-order valence-electron chi connectivity index (χ1n) is 7.88. The number of ether oxygens (including phenoxy) is 2. The minimum absolute atomic E-state index is 0.0840. The van der Waals surface area contributed by atoms with Gasteiger partial charge in [0.1, 0.15) is 0 Å². The number of nitrogens with zero attached hydrogens (tertiary/aromatic N) is 1. The van der Waals surface area contributed by atoms with Gasteiger partial charge >= 0.3 is 6.03 Å². The number of rotatable bonds is 7. The standard InChI is InChI=1S/C19H24N2O3/c1-21(19(22)20-14-16-7-5-4-6-8-16)12-11-15-9-10-17(23-2)18(13-15)24-3/h4-10,13H,11-12,14H2,1-3H3,(H,20,22). The Morgan fingerprint density at radius 1 is 1.00 bits per heavy atom. The summed E-state index contributed by atoms with van der Waals surface area (Å²) in [5, 5.41) is 2.92. The van der Waals surface area contributed by atoms with Gasteiger partial charge in [0.15, 0.2) is 11.5 Å². The number of urea groups is 1. The van der Waals surface area contributed by atoms with E-state index < -0.39 is 0 Å². The Labute approximate surface area is 143 Å². The Balaban J connectivity index is 1.83. The number of likely N-dealkylation sites (N-methyl/N-ethyl adjacent to an activating group) is 1. The average Bonchev–Trinajstić information content (AvgIpc) is 2.64. The van der Waals surface area contributed by atoms with Crippen molar-refractivity contribution in [1.29, 1.82) is 0 Å². The highest BCUT2D eigenvalue weighted by atomic mass is 16.5. The van der Waals surface area contributed by atoms with Gasteiger partial charge in [-0.3, -0.25) is 0 Å². The van der Waals surface area contributed by atoms with Crippen molar-refractivity contribution in [3.05, 3.63) is 59.7 Å². The normalized spacial score (nSPS) is 10.1. The summed E-state index contributed by atoms with van der Waals surface area (Å²) in [6.07, 6.45) is 0.746. The SMILES string of the molecule is COc1ccc(CCN(C)C(=O)NCc2ccccc2)cc1OC. The van der Waals surface area contributed by atoms with Crippen molar-refractivity contribution >= 4 is 6.03 Å². The molecule has 0 radical (unpaired) electrons. The monoisotopic (exact) mass is 328 g/mol. The molecule has 2 aromatic rings. The maximum absolute atomic E-state index is 12.1. The lowest BCUT2D eigenvalue weighted by Crippen LogP contribution is -2.37. The second-order valence-corrected chi connectivity index (χ2v) is 5.51. The number of hydrogen-bond acceptors (Lipinski definition) is 3. The summed E-state index contributed by atoms with van der Waals surface area (Å²) < 4.78 is 10.5. The number of carbonyl (C=O) groups is 1. The van der Waals surface area contributed by atoms with Gasteiger partial charge in [0.05, 0.1) is 14.2 Å². The van der Waals surface area contributed by atoms with Gasteiger partial charge in [-0.25, -0.2) is 4.79 Å². The van der Waals surface area contributed by atoms with Crippen molar-refractivity contribution in [3.8, 4) is 11.5 Å². The molecule has 0 saturated carbocycles. The summed E-state index contributed by atoms with van der Waals surface area (Å²) >= 11 is 0. The van der Waals surface area contributed by atoms with Gasteiger partial charge in [-0.15, -0.1) is 0 Å². The smallest absolute Gasteiger partial charge is 0.317 e. The third-order valence-electron chi connectivity index (χ3n) is 3.82. The van der Waals surface area contributed by atoms with Crippen LogP contribution in [0.25, 0.3) is 0 Å². The number of hydrogen-bond donors (Lipinski definition) is 1. The van der Waals surface area contributed by atoms with Crippen LogP contribution >= 0.6 is 0 Å². The molecule has 0 heterocycles. The summed E-state index contributed by atoms with van der Waals surface area (Å²) in [6, 6.07) is 15.6. The van der Waals surface area contributed by atoms with Crippen LogP contribution in [-0.4, -0.2) is 38.7 Å². The van der Waals surface area contributed by atoms with Crippen LogP contribution in [0.15, 0.2) is 48.5 Å². The van der Waals surface area contributed by atoms with E-state index in [9.17, 15) is 4.79 Å². The predicted molar refractivity (Wildman–Crippen MR) is 94.6 cm³/mol. The van der Waals surface area contributed by atoms with Crippen LogP contribution in [0.2, 0.25) is 0 Å². The molecule has 24 heavy (non-hydrogen) atoms. The molecule has 0 bridgehead atoms. The molecule has 0 atom stereocenters. The molecule has 0 aliphatic rings. The lowest BCUT2D eigenvalue weighted by Gasteiger charge is -2.18. The van der Waals surface area contributed by atoms with Crippen molar-refractivity contribution in [2.24, 2.45) is 0 Å². The quantitative estimate of drug-likeness (QED) is 0.850. The first-order chi connectivity index (χ1) is 11.6. The Hall–Kier alpha value is -2.69. The molecule has 2 rings (SSSR count). The van der Waals surface area contributed by atoms with Crippen molar-refractivity contribution < 1.29 is 14.3 Å². The molecule has 2 aromatic carbocycles. The van der Waals surface area contributed by atoms with Gasteiger partial charge in [-0.05, 0) is 29.7 Å². The molecular formula is C19H24N2O3. The Morgan fingerprint density at radius 2 is 1.71 bits per heavy atom. The van der Waals surface area contributed by atoms with Crippen LogP contribution < -0.4 is 14.8 Å². The van der Waals surface area contributed by atoms with E-state index in [0.717, 1.165) is 17.5 Å². The molecule has 0 aliphatic heterocycles. The molecule has 0 spiro atoms. The van der Waals surface area contributed by atoms with E-state index in [0.29, 0.717) is 24.6 Å². The van der Waals surface area contributed by atoms with Crippen molar-refractivity contribution in [2.45, 2.75) is 13.0 Å². The van der Waals surface area contributed by atoms with Gasteiger partial charge in [0, 0.05) is 20.1 Å². The van der Waals surface area contributed by atoms with Crippen LogP contribution in [0.3, 0.4) is 0 Å². The highest BCUT2D eigenvalue weighted by Gasteiger charge is 2.09. The zero-order valence-electron chi connectivity index (χ0n) is 14.4. The molecular weight excluding hydrogens is 304 g/mol. The molecule has 5 heteroatoms. The fraction of sp³-hybridized carbons (Fsp3) is 0.316. The van der Waals surface area contributed by atoms with Gasteiger partial charge in [0.2, 0.25) is 0 Å². The fourth-order valence-electron chi connectivity index (χ4n) is 2.34. The van der Waals surface area contributed by atoms with Gasteiger partial charge in [-0.2, -0.15) is 0 Å². The van der Waals surface area contributed by atoms with E-state index in [-0.39, 0.29) is 6.03 Å². The molecule has 0 saturated heterocycles. The highest BCUT2D eigenvalue weighted by molar-refractivity contribution is 5.73. The van der Waals surface area contributed by atoms with Crippen molar-refractivity contribution in [1.82, 2.24) is 10.2 Å². The number of amides is 2. The number of benzene rings is 2. The molecule has 5 nitrogen and oxygen atoms in total. The third-order valence-corrected chi connectivity index (χ3v) is 3.82. The van der Waals surface area contributed by atoms with Crippen LogP contribution in [-0.2, 0) is 13.0 Å². The minimum Gasteiger partial charge on any atom is -0.493 e. The molecule has 0 aromatic heterocycles. The van der Waals surface area contributed by atoms with Gasteiger partial charge < -0.3 is 19.7 Å². The summed E-state index contributed by atoms with van der Waals surface area (Å²) in [5.74, 6) is 1.40. The molecule has 0 aliphatic carbocycles. The van der Waals surface area contributed by atoms with E-state index in [2.05, 4.69) is 5.32 Å². The Kier molecular flexibility index (Phi) is 6.49. The molecule has 128 valence electrons. The van der Waals surface area contributed by atoms with E-state index in [1.54, 1.807) is 26.2 Å². The number of nitrogens with one attached hydrogen (secondary N) is 1. The first kappa shape index (κ1) is 17.7. The highest BCUT2D eigenvalue weighted by Crippen LogP contribution is 2.27. The summed E-state index contributed by atoms with van der Waals surface area (Å²) in [6.45, 7) is 1.15. The van der Waals surface area contributed by atoms with E-state index in [1.165, 1.54) is 0 Å². The zero-order valence-corrected chi connectivity index (χ0v) is 14.4. The van der Waals surface area contributed by atoms with E-state index in [4.69, 9.17) is 9.47 Å². The maximum atomic E-state index is 12.1. The molecule has 0 fully saturated rings. The fourth-order valence-corrected chi connectivity index (χ4v) is 2.34. The topological polar surface area (TPSA) is 50.8 Å². The second kappa shape index (κ2) is 8.82. The zero-order chi connectivity index (χ0) is 17.4. The summed E-state index contributed by atoms with van der Waals surface area (Å²) in [4.78, 5) is 13.8. The Morgan fingerprint density at radius 3 is 2.38 bits per heavy atom. The number of methoxy groups -OCH3 is 2. The van der Waals surface area contributed by atoms with Crippen LogP contribution in [0, 0.1) is 0 Å². The maximum Gasteiger partial charge on any atom is 0.317 e. The first-order valence-corrected chi connectivity index (χ1v) is 7.88. The second-order valence-electron chi connectivity index (χ2n) is 5.51. The van der Waals surface area contributed by atoms with Crippen LogP contribution in [0.1, 0.15) is 11.1 Å². The lowest BCUT2D eigenvalue weighted by atomic mass is 10.1. The van der Waals surface area contributed by atoms with Crippen molar-refractivity contribution in [2.75, 3.05) is 27.8 Å². The number of carbonyl (C=O) groups excluding carboxylic acids is 1. The van der Waals surface area contributed by atoms with Gasteiger partial charge in [0.25, 0.3) is 0 Å². The average molecular weight is 328 g/mol. The third kappa shape index (κ3) is 4.91. The summed E-state index contributed by atoms with van der Waals surface area (Å²) in [5.41, 5.74) is 2.18.